The maximum absolute atomic E-state index is 9.00. The summed E-state index contributed by atoms with van der Waals surface area (Å²) in [7, 11) is 0. The van der Waals surface area contributed by atoms with Gasteiger partial charge in [-0.3, -0.25) is 0 Å². The van der Waals surface area contributed by atoms with E-state index in [-0.39, 0.29) is 12.1 Å². The lowest BCUT2D eigenvalue weighted by Gasteiger charge is -2.12. The number of nitrogens with zero attached hydrogens (tertiary/aromatic N) is 1. The summed E-state index contributed by atoms with van der Waals surface area (Å²) >= 11 is 0. The van der Waals surface area contributed by atoms with Crippen molar-refractivity contribution < 1.29 is 5.11 Å². The summed E-state index contributed by atoms with van der Waals surface area (Å²) in [5.41, 5.74) is 1.08. The fourth-order valence-corrected chi connectivity index (χ4v) is 1.21. The Labute approximate surface area is 71.0 Å². The largest absolute Gasteiger partial charge is 0.394 e. The summed E-state index contributed by atoms with van der Waals surface area (Å²) in [6.45, 7) is 1.00. The van der Waals surface area contributed by atoms with Crippen molar-refractivity contribution in [3.8, 4) is 0 Å². The summed E-state index contributed by atoms with van der Waals surface area (Å²) in [6, 6.07) is 0. The Morgan fingerprint density at radius 1 is 1.67 bits per heavy atom. The Morgan fingerprint density at radius 3 is 3.00 bits per heavy atom. The average molecular weight is 167 g/mol. The highest BCUT2D eigenvalue weighted by Gasteiger charge is 2.41. The molecule has 1 aliphatic rings. The molecule has 2 rings (SSSR count). The Hall–Kier alpha value is -0.870. The third kappa shape index (κ3) is 1.49. The molecule has 1 aliphatic carbocycles. The summed E-state index contributed by atoms with van der Waals surface area (Å²) < 4.78 is 0. The Balaban J connectivity index is 1.83. The minimum absolute atomic E-state index is 0.0190. The summed E-state index contributed by atoms with van der Waals surface area (Å²) in [4.78, 5) is 6.92. The molecule has 1 aromatic heterocycles. The molecule has 3 N–H and O–H groups in total. The van der Waals surface area contributed by atoms with Crippen molar-refractivity contribution >= 4 is 0 Å². The Morgan fingerprint density at radius 2 is 2.50 bits per heavy atom. The normalized spacial score (nSPS) is 19.4. The molecule has 0 radical (unpaired) electrons. The molecule has 4 heteroatoms. The van der Waals surface area contributed by atoms with E-state index in [4.69, 9.17) is 5.11 Å². The molecular formula is C8H13N3O. The van der Waals surface area contributed by atoms with E-state index in [0.29, 0.717) is 0 Å². The van der Waals surface area contributed by atoms with Gasteiger partial charge in [0.05, 0.1) is 12.9 Å². The second-order valence-corrected chi connectivity index (χ2v) is 3.37. The minimum atomic E-state index is 0.0190. The third-order valence-electron chi connectivity index (χ3n) is 2.36. The SMILES string of the molecule is OCC1(NCc2cnc[nH]2)CC1. The number of aliphatic hydroxyl groups excluding tert-OH is 1. The van der Waals surface area contributed by atoms with Gasteiger partial charge in [-0.25, -0.2) is 4.98 Å². The lowest BCUT2D eigenvalue weighted by atomic mass is 10.3. The predicted molar refractivity (Wildman–Crippen MR) is 44.5 cm³/mol. The third-order valence-corrected chi connectivity index (χ3v) is 2.36. The number of aliphatic hydroxyl groups is 1. The first-order chi connectivity index (χ1) is 5.85. The van der Waals surface area contributed by atoms with Gasteiger partial charge in [-0.1, -0.05) is 0 Å². The lowest BCUT2D eigenvalue weighted by molar-refractivity contribution is 0.229. The lowest BCUT2D eigenvalue weighted by Crippen LogP contribution is -2.34. The quantitative estimate of drug-likeness (QED) is 0.592. The van der Waals surface area contributed by atoms with Crippen LogP contribution in [0.25, 0.3) is 0 Å². The zero-order valence-corrected chi connectivity index (χ0v) is 6.88. The number of rotatable bonds is 4. The first kappa shape index (κ1) is 7.76. The smallest absolute Gasteiger partial charge is 0.0922 e. The fourth-order valence-electron chi connectivity index (χ4n) is 1.21. The highest BCUT2D eigenvalue weighted by atomic mass is 16.3. The average Bonchev–Trinajstić information content (AvgIpc) is 2.70. The first-order valence-electron chi connectivity index (χ1n) is 4.18. The molecule has 0 aromatic carbocycles. The van der Waals surface area contributed by atoms with Crippen molar-refractivity contribution in [1.29, 1.82) is 0 Å². The number of hydrogen-bond acceptors (Lipinski definition) is 3. The maximum atomic E-state index is 9.00. The van der Waals surface area contributed by atoms with Crippen molar-refractivity contribution in [1.82, 2.24) is 15.3 Å². The van der Waals surface area contributed by atoms with Gasteiger partial charge in [0, 0.05) is 24.0 Å². The van der Waals surface area contributed by atoms with Crippen molar-refractivity contribution in [3.05, 3.63) is 18.2 Å². The van der Waals surface area contributed by atoms with E-state index in [1.165, 1.54) is 0 Å². The highest BCUT2D eigenvalue weighted by Crippen LogP contribution is 2.34. The van der Waals surface area contributed by atoms with Gasteiger partial charge in [-0.05, 0) is 12.8 Å². The van der Waals surface area contributed by atoms with Gasteiger partial charge in [0.15, 0.2) is 0 Å². The Bertz CT molecular complexity index is 241. The van der Waals surface area contributed by atoms with Crippen LogP contribution in [0.4, 0.5) is 0 Å². The van der Waals surface area contributed by atoms with Crippen molar-refractivity contribution in [2.75, 3.05) is 6.61 Å². The van der Waals surface area contributed by atoms with Crippen LogP contribution in [0, 0.1) is 0 Å². The van der Waals surface area contributed by atoms with E-state index in [9.17, 15) is 0 Å². The molecule has 0 aliphatic heterocycles. The Kier molecular flexibility index (Phi) is 1.86. The van der Waals surface area contributed by atoms with E-state index in [2.05, 4.69) is 15.3 Å². The molecule has 0 bridgehead atoms. The number of aromatic amines is 1. The monoisotopic (exact) mass is 167 g/mol. The maximum Gasteiger partial charge on any atom is 0.0922 e. The fraction of sp³-hybridized carbons (Fsp3) is 0.625. The molecule has 0 unspecified atom stereocenters. The zero-order chi connectivity index (χ0) is 8.44. The van der Waals surface area contributed by atoms with Gasteiger partial charge >= 0.3 is 0 Å². The molecule has 1 saturated carbocycles. The molecule has 0 saturated heterocycles. The summed E-state index contributed by atoms with van der Waals surface area (Å²) in [6.07, 6.45) is 5.62. The van der Waals surface area contributed by atoms with E-state index in [1.807, 2.05) is 0 Å². The van der Waals surface area contributed by atoms with Crippen LogP contribution in [-0.2, 0) is 6.54 Å². The van der Waals surface area contributed by atoms with E-state index < -0.39 is 0 Å². The standard InChI is InChI=1S/C8H13N3O/c12-5-8(1-2-8)11-4-7-3-9-6-10-7/h3,6,11-12H,1-2,4-5H2,(H,9,10). The molecule has 1 fully saturated rings. The predicted octanol–water partition coefficient (Wildman–Crippen LogP) is 0.0242. The number of nitrogens with one attached hydrogen (secondary N) is 2. The molecule has 66 valence electrons. The topological polar surface area (TPSA) is 60.9 Å². The summed E-state index contributed by atoms with van der Waals surface area (Å²) in [5.74, 6) is 0. The molecule has 1 aromatic rings. The number of imidazole rings is 1. The zero-order valence-electron chi connectivity index (χ0n) is 6.88. The van der Waals surface area contributed by atoms with Crippen LogP contribution in [0.1, 0.15) is 18.5 Å². The first-order valence-corrected chi connectivity index (χ1v) is 4.18. The molecular weight excluding hydrogens is 154 g/mol. The van der Waals surface area contributed by atoms with Crippen molar-refractivity contribution in [2.45, 2.75) is 24.9 Å². The van der Waals surface area contributed by atoms with Crippen molar-refractivity contribution in [2.24, 2.45) is 0 Å². The van der Waals surface area contributed by atoms with Crippen LogP contribution in [0.2, 0.25) is 0 Å². The number of H-pyrrole nitrogens is 1. The molecule has 0 amide bonds. The van der Waals surface area contributed by atoms with E-state index in [1.54, 1.807) is 12.5 Å². The van der Waals surface area contributed by atoms with Crippen LogP contribution in [0.15, 0.2) is 12.5 Å². The van der Waals surface area contributed by atoms with Crippen LogP contribution in [0.3, 0.4) is 0 Å². The second kappa shape index (κ2) is 2.88. The van der Waals surface area contributed by atoms with Gasteiger partial charge in [0.25, 0.3) is 0 Å². The van der Waals surface area contributed by atoms with Gasteiger partial charge < -0.3 is 15.4 Å². The van der Waals surface area contributed by atoms with E-state index >= 15 is 0 Å². The van der Waals surface area contributed by atoms with Gasteiger partial charge in [-0.2, -0.15) is 0 Å². The van der Waals surface area contributed by atoms with Crippen LogP contribution in [0.5, 0.6) is 0 Å². The van der Waals surface area contributed by atoms with Crippen LogP contribution < -0.4 is 5.32 Å². The molecule has 0 atom stereocenters. The number of hydrogen-bond donors (Lipinski definition) is 3. The van der Waals surface area contributed by atoms with Gasteiger partial charge in [0.1, 0.15) is 0 Å². The van der Waals surface area contributed by atoms with E-state index in [0.717, 1.165) is 25.1 Å². The molecule has 12 heavy (non-hydrogen) atoms. The molecule has 4 nitrogen and oxygen atoms in total. The highest BCUT2D eigenvalue weighted by molar-refractivity contribution is 5.04. The second-order valence-electron chi connectivity index (χ2n) is 3.37. The number of aromatic nitrogens is 2. The van der Waals surface area contributed by atoms with Gasteiger partial charge in [-0.15, -0.1) is 0 Å². The van der Waals surface area contributed by atoms with Crippen LogP contribution >= 0.6 is 0 Å². The van der Waals surface area contributed by atoms with Crippen LogP contribution in [-0.4, -0.2) is 27.2 Å². The molecule has 0 spiro atoms. The minimum Gasteiger partial charge on any atom is -0.394 e. The van der Waals surface area contributed by atoms with Gasteiger partial charge in [0.2, 0.25) is 0 Å². The summed E-state index contributed by atoms with van der Waals surface area (Å²) in [5, 5.41) is 12.3. The van der Waals surface area contributed by atoms with Crippen molar-refractivity contribution in [3.63, 3.8) is 0 Å². The molecule has 1 heterocycles.